The lowest BCUT2D eigenvalue weighted by molar-refractivity contribution is -0.384. The van der Waals surface area contributed by atoms with E-state index < -0.39 is 26.9 Å². The van der Waals surface area contributed by atoms with Gasteiger partial charge < -0.3 is 0 Å². The summed E-state index contributed by atoms with van der Waals surface area (Å²) in [4.78, 5) is 23.3. The summed E-state index contributed by atoms with van der Waals surface area (Å²) in [5.74, 6) is -0.595. The first kappa shape index (κ1) is 22.0. The highest BCUT2D eigenvalue weighted by Gasteiger charge is 2.33. The zero-order valence-electron chi connectivity index (χ0n) is 15.6. The second-order valence-electron chi connectivity index (χ2n) is 5.78. The molecule has 0 radical (unpaired) electrons. The molecule has 28 heavy (non-hydrogen) atoms. The molecule has 2 rings (SSSR count). The number of non-ortho nitro benzene ring substituents is 1. The maximum Gasteiger partial charge on any atom is 0.271 e. The number of rotatable bonds is 8. The summed E-state index contributed by atoms with van der Waals surface area (Å²) in [5, 5.41) is 21.7. The second kappa shape index (κ2) is 8.84. The Kier molecular flexibility index (Phi) is 6.96. The van der Waals surface area contributed by atoms with E-state index in [-0.39, 0.29) is 22.9 Å². The molecule has 1 amide bonds. The molecule has 0 spiro atoms. The molecule has 13 heteroatoms. The van der Waals surface area contributed by atoms with Gasteiger partial charge in [-0.15, -0.1) is 10.2 Å². The Labute approximate surface area is 170 Å². The third-order valence-electron chi connectivity index (χ3n) is 3.78. The lowest BCUT2D eigenvalue weighted by Crippen LogP contribution is -2.47. The van der Waals surface area contributed by atoms with Gasteiger partial charge in [0, 0.05) is 12.1 Å². The Bertz CT molecular complexity index is 992. The fourth-order valence-electron chi connectivity index (χ4n) is 2.52. The van der Waals surface area contributed by atoms with Gasteiger partial charge in [0.25, 0.3) is 5.69 Å². The maximum absolute atomic E-state index is 12.8. The number of hydrogen-bond acceptors (Lipinski definition) is 9. The van der Waals surface area contributed by atoms with Gasteiger partial charge in [-0.3, -0.25) is 24.5 Å². The van der Waals surface area contributed by atoms with Crippen LogP contribution in [0.2, 0.25) is 0 Å². The van der Waals surface area contributed by atoms with Gasteiger partial charge in [0.05, 0.1) is 16.9 Å². The second-order valence-corrected chi connectivity index (χ2v) is 9.67. The summed E-state index contributed by atoms with van der Waals surface area (Å²) in [6.07, 6.45) is 2.92. The number of carbonyl (C=O) groups is 1. The summed E-state index contributed by atoms with van der Waals surface area (Å²) in [6.45, 7) is 3.28. The van der Waals surface area contributed by atoms with Crippen molar-refractivity contribution >= 4 is 55.5 Å². The normalized spacial score (nSPS) is 12.4. The van der Waals surface area contributed by atoms with Crippen molar-refractivity contribution in [2.45, 2.75) is 30.6 Å². The number of nitro groups is 1. The number of amides is 1. The van der Waals surface area contributed by atoms with Crippen LogP contribution in [-0.2, 0) is 14.8 Å². The fourth-order valence-corrected chi connectivity index (χ4v) is 4.95. The molecule has 1 heterocycles. The number of anilines is 2. The topological polar surface area (TPSA) is 135 Å². The maximum atomic E-state index is 12.8. The smallest absolute Gasteiger partial charge is 0.271 e. The molecule has 1 N–H and O–H groups in total. The molecule has 0 unspecified atom stereocenters. The molecule has 152 valence electrons. The number of nitrogens with zero attached hydrogens (tertiary/aromatic N) is 4. The van der Waals surface area contributed by atoms with E-state index >= 15 is 0 Å². The summed E-state index contributed by atoms with van der Waals surface area (Å²) in [6, 6.07) is 2.78. The SMILES string of the molecule is CC[C@@H](C(=O)Nc1nnc(SC)s1)N(c1cc([N+](=O)[O-])ccc1C)S(C)(=O)=O. The Hall–Kier alpha value is -2.25. The van der Waals surface area contributed by atoms with Crippen molar-refractivity contribution in [2.75, 3.05) is 22.1 Å². The number of sulfonamides is 1. The largest absolute Gasteiger partial charge is 0.299 e. The lowest BCUT2D eigenvalue weighted by Gasteiger charge is -2.30. The highest BCUT2D eigenvalue weighted by Crippen LogP contribution is 2.31. The van der Waals surface area contributed by atoms with Gasteiger partial charge in [-0.1, -0.05) is 36.1 Å². The van der Waals surface area contributed by atoms with Crippen LogP contribution in [-0.4, -0.2) is 48.0 Å². The molecule has 0 bridgehead atoms. The molecule has 10 nitrogen and oxygen atoms in total. The van der Waals surface area contributed by atoms with Crippen LogP contribution in [0.4, 0.5) is 16.5 Å². The van der Waals surface area contributed by atoms with E-state index in [1.54, 1.807) is 13.8 Å². The minimum Gasteiger partial charge on any atom is -0.299 e. The number of thioether (sulfide) groups is 1. The molecule has 0 aliphatic heterocycles. The number of benzene rings is 1. The van der Waals surface area contributed by atoms with Crippen LogP contribution in [0.1, 0.15) is 18.9 Å². The number of hydrogen-bond donors (Lipinski definition) is 1. The summed E-state index contributed by atoms with van der Waals surface area (Å²) in [5.41, 5.74) is 0.307. The van der Waals surface area contributed by atoms with E-state index in [9.17, 15) is 23.3 Å². The molecule has 1 aromatic carbocycles. The average molecular weight is 446 g/mol. The minimum absolute atomic E-state index is 0.0840. The van der Waals surface area contributed by atoms with E-state index in [1.165, 1.54) is 35.2 Å². The lowest BCUT2D eigenvalue weighted by atomic mass is 10.1. The molecule has 1 atom stereocenters. The number of nitro benzene ring substituents is 1. The molecule has 2 aromatic rings. The van der Waals surface area contributed by atoms with E-state index in [4.69, 9.17) is 0 Å². The number of aromatic nitrogens is 2. The number of nitrogens with one attached hydrogen (secondary N) is 1. The van der Waals surface area contributed by atoms with E-state index in [1.807, 2.05) is 6.26 Å². The Morgan fingerprint density at radius 3 is 2.61 bits per heavy atom. The van der Waals surface area contributed by atoms with E-state index in [0.717, 1.165) is 16.6 Å². The van der Waals surface area contributed by atoms with Crippen LogP contribution >= 0.6 is 23.1 Å². The van der Waals surface area contributed by atoms with Crippen LogP contribution in [0.5, 0.6) is 0 Å². The highest BCUT2D eigenvalue weighted by atomic mass is 32.2. The third kappa shape index (κ3) is 4.97. The first-order chi connectivity index (χ1) is 13.1. The zero-order chi connectivity index (χ0) is 21.1. The summed E-state index contributed by atoms with van der Waals surface area (Å²) >= 11 is 2.53. The quantitative estimate of drug-likeness (QED) is 0.283. The highest BCUT2D eigenvalue weighted by molar-refractivity contribution is 8.00. The summed E-state index contributed by atoms with van der Waals surface area (Å²) in [7, 11) is -3.92. The van der Waals surface area contributed by atoms with Gasteiger partial charge in [0.1, 0.15) is 6.04 Å². The first-order valence-corrected chi connectivity index (χ1v) is 11.9. The van der Waals surface area contributed by atoms with Crippen molar-refractivity contribution in [1.82, 2.24) is 10.2 Å². The molecule has 0 aliphatic carbocycles. The van der Waals surface area contributed by atoms with Crippen molar-refractivity contribution < 1.29 is 18.1 Å². The molecule has 0 saturated heterocycles. The van der Waals surface area contributed by atoms with Crippen molar-refractivity contribution in [1.29, 1.82) is 0 Å². The average Bonchev–Trinajstić information content (AvgIpc) is 3.06. The molecular formula is C15H19N5O5S3. The predicted molar refractivity (Wildman–Crippen MR) is 110 cm³/mol. The molecular weight excluding hydrogens is 426 g/mol. The van der Waals surface area contributed by atoms with Gasteiger partial charge >= 0.3 is 0 Å². The molecule has 0 fully saturated rings. The van der Waals surface area contributed by atoms with Crippen LogP contribution in [0.15, 0.2) is 22.5 Å². The van der Waals surface area contributed by atoms with Gasteiger partial charge in [-0.25, -0.2) is 8.42 Å². The molecule has 0 saturated carbocycles. The van der Waals surface area contributed by atoms with Gasteiger partial charge in [-0.2, -0.15) is 0 Å². The van der Waals surface area contributed by atoms with Gasteiger partial charge in [0.2, 0.25) is 21.1 Å². The van der Waals surface area contributed by atoms with Crippen LogP contribution in [0.3, 0.4) is 0 Å². The zero-order valence-corrected chi connectivity index (χ0v) is 18.0. The van der Waals surface area contributed by atoms with E-state index in [2.05, 4.69) is 15.5 Å². The van der Waals surface area contributed by atoms with Gasteiger partial charge in [-0.05, 0) is 25.2 Å². The third-order valence-corrected chi connectivity index (χ3v) is 6.76. The van der Waals surface area contributed by atoms with Gasteiger partial charge in [0.15, 0.2) is 4.34 Å². The van der Waals surface area contributed by atoms with Crippen LogP contribution in [0, 0.1) is 17.0 Å². The Morgan fingerprint density at radius 2 is 2.11 bits per heavy atom. The Balaban J connectivity index is 2.47. The monoisotopic (exact) mass is 445 g/mol. The molecule has 1 aromatic heterocycles. The summed E-state index contributed by atoms with van der Waals surface area (Å²) < 4.78 is 26.6. The Morgan fingerprint density at radius 1 is 1.43 bits per heavy atom. The number of carbonyl (C=O) groups excluding carboxylic acids is 1. The van der Waals surface area contributed by atoms with Crippen molar-refractivity contribution in [3.05, 3.63) is 33.9 Å². The van der Waals surface area contributed by atoms with Crippen molar-refractivity contribution in [3.8, 4) is 0 Å². The van der Waals surface area contributed by atoms with Crippen LogP contribution in [0.25, 0.3) is 0 Å². The first-order valence-electron chi connectivity index (χ1n) is 8.01. The predicted octanol–water partition coefficient (Wildman–Crippen LogP) is 2.66. The minimum atomic E-state index is -3.92. The van der Waals surface area contributed by atoms with E-state index in [0.29, 0.717) is 9.90 Å². The number of aryl methyl sites for hydroxylation is 1. The fraction of sp³-hybridized carbons (Fsp3) is 0.400. The van der Waals surface area contributed by atoms with Crippen molar-refractivity contribution in [3.63, 3.8) is 0 Å². The van der Waals surface area contributed by atoms with Crippen LogP contribution < -0.4 is 9.62 Å². The van der Waals surface area contributed by atoms with Crippen molar-refractivity contribution in [2.24, 2.45) is 0 Å². The standard InChI is InChI=1S/C15H19N5O5S3/c1-5-11(13(21)16-14-17-18-15(26-3)27-14)19(28(4,24)25)12-8-10(20(22)23)7-6-9(12)2/h6-8,11H,5H2,1-4H3,(H,16,17,21)/t11-/m0/s1. The molecule has 0 aliphatic rings.